The third-order valence-corrected chi connectivity index (χ3v) is 7.18. The van der Waals surface area contributed by atoms with E-state index in [0.29, 0.717) is 12.1 Å². The number of imide groups is 1. The third kappa shape index (κ3) is 4.30. The van der Waals surface area contributed by atoms with Crippen molar-refractivity contribution in [3.63, 3.8) is 0 Å². The number of nitriles is 1. The number of carbonyl (C=O) groups excluding carboxylic acids is 2. The highest BCUT2D eigenvalue weighted by Crippen LogP contribution is 2.55. The van der Waals surface area contributed by atoms with Crippen LogP contribution in [0.3, 0.4) is 0 Å². The highest BCUT2D eigenvalue weighted by Gasteiger charge is 2.51. The molecule has 2 N–H and O–H groups in total. The molecule has 1 unspecified atom stereocenters. The second-order valence-electron chi connectivity index (χ2n) is 9.54. The van der Waals surface area contributed by atoms with Crippen molar-refractivity contribution in [2.24, 2.45) is 17.8 Å². The molecule has 6 heteroatoms. The van der Waals surface area contributed by atoms with Crippen molar-refractivity contribution in [3.8, 4) is 6.07 Å². The number of nitrogens with zero attached hydrogens (tertiary/aromatic N) is 2. The fourth-order valence-electron chi connectivity index (χ4n) is 6.12. The Bertz CT molecular complexity index is 808. The van der Waals surface area contributed by atoms with Gasteiger partial charge in [-0.1, -0.05) is 12.1 Å². The molecule has 4 aliphatic rings. The Hall–Kier alpha value is -2.39. The average Bonchev–Trinajstić information content (AvgIpc) is 2.65. The van der Waals surface area contributed by atoms with Crippen molar-refractivity contribution in [3.05, 3.63) is 35.4 Å². The van der Waals surface area contributed by atoms with Gasteiger partial charge in [0.2, 0.25) is 5.91 Å². The van der Waals surface area contributed by atoms with Crippen LogP contribution in [0, 0.1) is 29.1 Å². The van der Waals surface area contributed by atoms with Gasteiger partial charge in [-0.2, -0.15) is 5.26 Å². The maximum Gasteiger partial charge on any atom is 0.321 e. The van der Waals surface area contributed by atoms with Crippen LogP contribution in [0.1, 0.15) is 56.6 Å². The smallest absolute Gasteiger partial charge is 0.321 e. The van der Waals surface area contributed by atoms with Crippen LogP contribution in [-0.2, 0) is 11.3 Å². The number of hydrogen-bond donors (Lipinski definition) is 2. The molecule has 154 valence electrons. The number of rotatable bonds is 5. The number of nitrogens with one attached hydrogen (secondary N) is 2. The van der Waals surface area contributed by atoms with E-state index in [2.05, 4.69) is 16.7 Å². The van der Waals surface area contributed by atoms with Crippen LogP contribution in [0.5, 0.6) is 0 Å². The molecule has 29 heavy (non-hydrogen) atoms. The van der Waals surface area contributed by atoms with Crippen LogP contribution in [-0.4, -0.2) is 35.5 Å². The summed E-state index contributed by atoms with van der Waals surface area (Å²) in [7, 11) is 1.85. The van der Waals surface area contributed by atoms with Gasteiger partial charge in [-0.25, -0.2) is 4.79 Å². The molecule has 5 rings (SSSR count). The Balaban J connectivity index is 1.31. The predicted molar refractivity (Wildman–Crippen MR) is 110 cm³/mol. The van der Waals surface area contributed by atoms with E-state index in [-0.39, 0.29) is 17.5 Å². The summed E-state index contributed by atoms with van der Waals surface area (Å²) in [6.07, 6.45) is 7.13. The molecule has 0 aliphatic heterocycles. The van der Waals surface area contributed by atoms with Crippen molar-refractivity contribution in [2.75, 3.05) is 7.05 Å². The van der Waals surface area contributed by atoms with Crippen LogP contribution in [0.4, 0.5) is 4.79 Å². The number of benzene rings is 1. The van der Waals surface area contributed by atoms with E-state index in [1.54, 1.807) is 13.0 Å². The molecule has 4 saturated carbocycles. The number of hydrogen-bond acceptors (Lipinski definition) is 4. The zero-order chi connectivity index (χ0) is 20.6. The molecule has 3 amide bonds. The normalized spacial score (nSPS) is 30.6. The van der Waals surface area contributed by atoms with E-state index in [4.69, 9.17) is 5.26 Å². The van der Waals surface area contributed by atoms with Gasteiger partial charge in [-0.05, 0) is 87.9 Å². The standard InChI is InChI=1S/C23H30N4O2/c1-15(27(2)14-17-5-3-4-16(6-17)13-24)21(28)25-22(29)26-23-10-18-7-19(11-23)9-20(8-18)12-23/h3-6,15,18-20H,7-12,14H2,1-2H3,(H2,25,26,28,29). The molecule has 0 spiro atoms. The highest BCUT2D eigenvalue weighted by atomic mass is 16.2. The Morgan fingerprint density at radius 1 is 1.21 bits per heavy atom. The van der Waals surface area contributed by atoms with E-state index in [1.807, 2.05) is 30.1 Å². The summed E-state index contributed by atoms with van der Waals surface area (Å²) >= 11 is 0. The second-order valence-corrected chi connectivity index (χ2v) is 9.54. The maximum atomic E-state index is 12.6. The van der Waals surface area contributed by atoms with Crippen molar-refractivity contribution in [2.45, 2.75) is 63.6 Å². The minimum atomic E-state index is -0.456. The number of carbonyl (C=O) groups is 2. The van der Waals surface area contributed by atoms with E-state index in [9.17, 15) is 9.59 Å². The van der Waals surface area contributed by atoms with Crippen LogP contribution in [0.2, 0.25) is 0 Å². The number of amides is 3. The molecular weight excluding hydrogens is 364 g/mol. The van der Waals surface area contributed by atoms with Gasteiger partial charge < -0.3 is 5.32 Å². The van der Waals surface area contributed by atoms with Crippen molar-refractivity contribution < 1.29 is 9.59 Å². The fourth-order valence-corrected chi connectivity index (χ4v) is 6.12. The third-order valence-electron chi connectivity index (χ3n) is 7.18. The lowest BCUT2D eigenvalue weighted by molar-refractivity contribution is -0.124. The average molecular weight is 395 g/mol. The lowest BCUT2D eigenvalue weighted by Crippen LogP contribution is -2.62. The first-order valence-corrected chi connectivity index (χ1v) is 10.7. The Morgan fingerprint density at radius 3 is 2.41 bits per heavy atom. The van der Waals surface area contributed by atoms with Crippen molar-refractivity contribution >= 4 is 11.9 Å². The van der Waals surface area contributed by atoms with Gasteiger partial charge in [0.1, 0.15) is 0 Å². The first kappa shape index (κ1) is 19.9. The zero-order valence-corrected chi connectivity index (χ0v) is 17.3. The molecule has 0 saturated heterocycles. The Morgan fingerprint density at radius 2 is 1.83 bits per heavy atom. The highest BCUT2D eigenvalue weighted by molar-refractivity contribution is 5.97. The number of likely N-dealkylation sites (N-methyl/N-ethyl adjacent to an activating group) is 1. The van der Waals surface area contributed by atoms with E-state index in [1.165, 1.54) is 19.3 Å². The summed E-state index contributed by atoms with van der Waals surface area (Å²) in [6.45, 7) is 2.32. The topological polar surface area (TPSA) is 85.2 Å². The summed E-state index contributed by atoms with van der Waals surface area (Å²) in [5.74, 6) is 1.93. The van der Waals surface area contributed by atoms with E-state index in [0.717, 1.165) is 42.6 Å². The lowest BCUT2D eigenvalue weighted by atomic mass is 9.53. The summed E-state index contributed by atoms with van der Waals surface area (Å²) in [6, 6.07) is 8.67. The Labute approximate surface area is 172 Å². The van der Waals surface area contributed by atoms with Gasteiger partial charge in [0.25, 0.3) is 0 Å². The van der Waals surface area contributed by atoms with Crippen molar-refractivity contribution in [1.82, 2.24) is 15.5 Å². The van der Waals surface area contributed by atoms with Crippen LogP contribution in [0.15, 0.2) is 24.3 Å². The van der Waals surface area contributed by atoms with Crippen LogP contribution >= 0.6 is 0 Å². The van der Waals surface area contributed by atoms with E-state index >= 15 is 0 Å². The van der Waals surface area contributed by atoms with Gasteiger partial charge in [0.15, 0.2) is 0 Å². The molecule has 0 aromatic heterocycles. The Kier molecular flexibility index (Phi) is 5.35. The predicted octanol–water partition coefficient (Wildman–Crippen LogP) is 3.17. The summed E-state index contributed by atoms with van der Waals surface area (Å²) in [4.78, 5) is 27.1. The first-order valence-electron chi connectivity index (χ1n) is 10.7. The molecule has 4 aliphatic carbocycles. The molecule has 1 atom stereocenters. The summed E-state index contributed by atoms with van der Waals surface area (Å²) < 4.78 is 0. The van der Waals surface area contributed by atoms with Crippen molar-refractivity contribution in [1.29, 1.82) is 5.26 Å². The van der Waals surface area contributed by atoms with Gasteiger partial charge in [-0.3, -0.25) is 15.0 Å². The monoisotopic (exact) mass is 394 g/mol. The van der Waals surface area contributed by atoms with Crippen LogP contribution < -0.4 is 10.6 Å². The number of urea groups is 1. The molecule has 0 radical (unpaired) electrons. The van der Waals surface area contributed by atoms with Gasteiger partial charge in [-0.15, -0.1) is 0 Å². The largest absolute Gasteiger partial charge is 0.332 e. The molecule has 4 bridgehead atoms. The second kappa shape index (κ2) is 7.79. The molecule has 6 nitrogen and oxygen atoms in total. The molecule has 4 fully saturated rings. The lowest BCUT2D eigenvalue weighted by Gasteiger charge is -2.56. The minimum Gasteiger partial charge on any atom is -0.332 e. The molecule has 1 aromatic rings. The molecular formula is C23H30N4O2. The molecule has 1 aromatic carbocycles. The van der Waals surface area contributed by atoms with Gasteiger partial charge in [0, 0.05) is 12.1 Å². The first-order chi connectivity index (χ1) is 13.9. The molecule has 0 heterocycles. The summed E-state index contributed by atoms with van der Waals surface area (Å²) in [5, 5.41) is 14.8. The SMILES string of the molecule is CC(C(=O)NC(=O)NC12CC3CC(CC(C3)C1)C2)N(C)Cc1cccc(C#N)c1. The van der Waals surface area contributed by atoms with Gasteiger partial charge in [0.05, 0.1) is 17.7 Å². The maximum absolute atomic E-state index is 12.6. The minimum absolute atomic E-state index is 0.105. The van der Waals surface area contributed by atoms with E-state index < -0.39 is 6.04 Å². The zero-order valence-electron chi connectivity index (χ0n) is 17.3. The summed E-state index contributed by atoms with van der Waals surface area (Å²) in [5.41, 5.74) is 1.46. The fraction of sp³-hybridized carbons (Fsp3) is 0.609. The van der Waals surface area contributed by atoms with Gasteiger partial charge >= 0.3 is 6.03 Å². The quantitative estimate of drug-likeness (QED) is 0.803. The van der Waals surface area contributed by atoms with Crippen LogP contribution in [0.25, 0.3) is 0 Å².